The normalized spacial score (nSPS) is 14.6. The van der Waals surface area contributed by atoms with Crippen molar-refractivity contribution in [3.63, 3.8) is 0 Å². The fourth-order valence-corrected chi connectivity index (χ4v) is 1.49. The third-order valence-corrected chi connectivity index (χ3v) is 3.07. The average molecular weight is 223 g/mol. The number of nitrogens with zero attached hydrogens (tertiary/aromatic N) is 2. The van der Waals surface area contributed by atoms with E-state index < -0.39 is 0 Å². The number of hydrogen-bond acceptors (Lipinski definition) is 4. The van der Waals surface area contributed by atoms with Crippen LogP contribution in [-0.2, 0) is 0 Å². The lowest BCUT2D eigenvalue weighted by Gasteiger charge is -2.29. The van der Waals surface area contributed by atoms with E-state index in [1.165, 1.54) is 0 Å². The highest BCUT2D eigenvalue weighted by atomic mass is 16.3. The maximum Gasteiger partial charge on any atom is 0.145 e. The van der Waals surface area contributed by atoms with Gasteiger partial charge in [-0.2, -0.15) is 0 Å². The molecule has 0 saturated heterocycles. The molecule has 90 valence electrons. The molecular formula is C12H21N3O. The Morgan fingerprint density at radius 1 is 1.38 bits per heavy atom. The molecule has 2 N–H and O–H groups in total. The van der Waals surface area contributed by atoms with Gasteiger partial charge in [-0.15, -0.1) is 0 Å². The van der Waals surface area contributed by atoms with Gasteiger partial charge in [-0.3, -0.25) is 4.98 Å². The van der Waals surface area contributed by atoms with E-state index in [0.29, 0.717) is 6.42 Å². The largest absolute Gasteiger partial charge is 0.396 e. The SMILES string of the molecule is CCC(C)(CCO)Nc1cnc(C)c(C)n1. The summed E-state index contributed by atoms with van der Waals surface area (Å²) >= 11 is 0. The Morgan fingerprint density at radius 2 is 2.06 bits per heavy atom. The first-order valence-electron chi connectivity index (χ1n) is 5.70. The molecule has 4 nitrogen and oxygen atoms in total. The fraction of sp³-hybridized carbons (Fsp3) is 0.667. The number of hydrogen-bond donors (Lipinski definition) is 2. The predicted octanol–water partition coefficient (Wildman–Crippen LogP) is 2.06. The predicted molar refractivity (Wildman–Crippen MR) is 65.5 cm³/mol. The first-order valence-corrected chi connectivity index (χ1v) is 5.70. The maximum absolute atomic E-state index is 9.03. The van der Waals surface area contributed by atoms with Crippen molar-refractivity contribution < 1.29 is 5.11 Å². The van der Waals surface area contributed by atoms with Crippen molar-refractivity contribution in [1.82, 2.24) is 9.97 Å². The molecule has 1 unspecified atom stereocenters. The van der Waals surface area contributed by atoms with Crippen LogP contribution in [0.3, 0.4) is 0 Å². The van der Waals surface area contributed by atoms with Crippen LogP contribution in [0.2, 0.25) is 0 Å². The molecule has 1 atom stereocenters. The highest BCUT2D eigenvalue weighted by molar-refractivity contribution is 5.36. The standard InChI is InChI=1S/C12H21N3O/c1-5-12(4,6-7-16)15-11-8-13-9(2)10(3)14-11/h8,16H,5-7H2,1-4H3,(H,14,15). The number of nitrogens with one attached hydrogen (secondary N) is 1. The number of aliphatic hydroxyl groups excluding tert-OH is 1. The van der Waals surface area contributed by atoms with Gasteiger partial charge in [-0.1, -0.05) is 6.92 Å². The van der Waals surface area contributed by atoms with Crippen LogP contribution in [0.4, 0.5) is 5.82 Å². The lowest BCUT2D eigenvalue weighted by atomic mass is 9.95. The Labute approximate surface area is 97.1 Å². The summed E-state index contributed by atoms with van der Waals surface area (Å²) in [6.45, 7) is 8.24. The second-order valence-corrected chi connectivity index (χ2v) is 4.44. The minimum absolute atomic E-state index is 0.120. The molecule has 0 saturated carbocycles. The quantitative estimate of drug-likeness (QED) is 0.802. The fourth-order valence-electron chi connectivity index (χ4n) is 1.49. The van der Waals surface area contributed by atoms with Crippen molar-refractivity contribution in [1.29, 1.82) is 0 Å². The van der Waals surface area contributed by atoms with E-state index in [1.807, 2.05) is 13.8 Å². The van der Waals surface area contributed by atoms with Gasteiger partial charge in [0.15, 0.2) is 0 Å². The molecule has 16 heavy (non-hydrogen) atoms. The van der Waals surface area contributed by atoms with Crippen molar-refractivity contribution in [3.05, 3.63) is 17.6 Å². The molecule has 0 spiro atoms. The highest BCUT2D eigenvalue weighted by Crippen LogP contribution is 2.20. The summed E-state index contributed by atoms with van der Waals surface area (Å²) < 4.78 is 0. The molecule has 4 heteroatoms. The summed E-state index contributed by atoms with van der Waals surface area (Å²) in [7, 11) is 0. The molecule has 0 amide bonds. The van der Waals surface area contributed by atoms with Crippen LogP contribution in [0.15, 0.2) is 6.20 Å². The minimum atomic E-state index is -0.120. The molecule has 1 aromatic heterocycles. The molecule has 1 aromatic rings. The van der Waals surface area contributed by atoms with Gasteiger partial charge in [-0.25, -0.2) is 4.98 Å². The molecule has 1 heterocycles. The van der Waals surface area contributed by atoms with Gasteiger partial charge >= 0.3 is 0 Å². The van der Waals surface area contributed by atoms with Gasteiger partial charge in [-0.05, 0) is 33.6 Å². The van der Waals surface area contributed by atoms with Gasteiger partial charge < -0.3 is 10.4 Å². The van der Waals surface area contributed by atoms with Gasteiger partial charge in [0.25, 0.3) is 0 Å². The summed E-state index contributed by atoms with van der Waals surface area (Å²) in [4.78, 5) is 8.70. The third-order valence-electron chi connectivity index (χ3n) is 3.07. The first kappa shape index (κ1) is 12.9. The van der Waals surface area contributed by atoms with Crippen LogP contribution >= 0.6 is 0 Å². The summed E-state index contributed by atoms with van der Waals surface area (Å²) in [5.74, 6) is 0.779. The zero-order valence-corrected chi connectivity index (χ0v) is 10.5. The van der Waals surface area contributed by atoms with Crippen LogP contribution in [0.5, 0.6) is 0 Å². The molecule has 1 rings (SSSR count). The topological polar surface area (TPSA) is 58.0 Å². The van der Waals surface area contributed by atoms with Gasteiger partial charge in [0.2, 0.25) is 0 Å². The summed E-state index contributed by atoms with van der Waals surface area (Å²) in [5.41, 5.74) is 1.77. The van der Waals surface area contributed by atoms with Crippen LogP contribution in [0, 0.1) is 13.8 Å². The molecule has 0 aliphatic heterocycles. The Morgan fingerprint density at radius 3 is 2.56 bits per heavy atom. The Balaban J connectivity index is 2.81. The summed E-state index contributed by atoms with van der Waals surface area (Å²) in [6, 6.07) is 0. The zero-order valence-electron chi connectivity index (χ0n) is 10.5. The minimum Gasteiger partial charge on any atom is -0.396 e. The Hall–Kier alpha value is -1.16. The van der Waals surface area contributed by atoms with Crippen molar-refractivity contribution >= 4 is 5.82 Å². The maximum atomic E-state index is 9.03. The lowest BCUT2D eigenvalue weighted by molar-refractivity contribution is 0.251. The first-order chi connectivity index (χ1) is 7.50. The second-order valence-electron chi connectivity index (χ2n) is 4.44. The molecule has 0 aromatic carbocycles. The molecule has 0 aliphatic carbocycles. The van der Waals surface area contributed by atoms with E-state index in [0.717, 1.165) is 23.6 Å². The smallest absolute Gasteiger partial charge is 0.145 e. The van der Waals surface area contributed by atoms with Gasteiger partial charge in [0.1, 0.15) is 5.82 Å². The lowest BCUT2D eigenvalue weighted by Crippen LogP contribution is -2.35. The van der Waals surface area contributed by atoms with Crippen molar-refractivity contribution in [2.75, 3.05) is 11.9 Å². The molecular weight excluding hydrogens is 202 g/mol. The van der Waals surface area contributed by atoms with Gasteiger partial charge in [0, 0.05) is 12.1 Å². The Bertz CT molecular complexity index is 354. The number of aliphatic hydroxyl groups is 1. The van der Waals surface area contributed by atoms with E-state index in [9.17, 15) is 0 Å². The van der Waals surface area contributed by atoms with E-state index >= 15 is 0 Å². The zero-order chi connectivity index (χ0) is 12.2. The van der Waals surface area contributed by atoms with Gasteiger partial charge in [0.05, 0.1) is 17.6 Å². The Kier molecular flexibility index (Phi) is 4.24. The molecule has 0 fully saturated rings. The van der Waals surface area contributed by atoms with E-state index in [1.54, 1.807) is 6.20 Å². The number of anilines is 1. The summed E-state index contributed by atoms with van der Waals surface area (Å²) in [6.07, 6.45) is 3.38. The third kappa shape index (κ3) is 3.17. The summed E-state index contributed by atoms with van der Waals surface area (Å²) in [5, 5.41) is 12.4. The van der Waals surface area contributed by atoms with E-state index in [4.69, 9.17) is 5.11 Å². The van der Waals surface area contributed by atoms with Crippen LogP contribution in [-0.4, -0.2) is 27.2 Å². The van der Waals surface area contributed by atoms with Crippen molar-refractivity contribution in [3.8, 4) is 0 Å². The monoisotopic (exact) mass is 223 g/mol. The average Bonchev–Trinajstić information content (AvgIpc) is 2.24. The van der Waals surface area contributed by atoms with E-state index in [-0.39, 0.29) is 12.1 Å². The molecule has 0 bridgehead atoms. The second kappa shape index (κ2) is 5.25. The van der Waals surface area contributed by atoms with Crippen LogP contribution in [0.1, 0.15) is 38.1 Å². The highest BCUT2D eigenvalue weighted by Gasteiger charge is 2.21. The number of aromatic nitrogens is 2. The molecule has 0 radical (unpaired) electrons. The molecule has 0 aliphatic rings. The van der Waals surface area contributed by atoms with Crippen molar-refractivity contribution in [2.45, 2.75) is 46.1 Å². The van der Waals surface area contributed by atoms with Crippen LogP contribution in [0.25, 0.3) is 0 Å². The van der Waals surface area contributed by atoms with Crippen molar-refractivity contribution in [2.24, 2.45) is 0 Å². The number of aryl methyl sites for hydroxylation is 2. The number of rotatable bonds is 5. The van der Waals surface area contributed by atoms with E-state index in [2.05, 4.69) is 29.1 Å². The van der Waals surface area contributed by atoms with Crippen LogP contribution < -0.4 is 5.32 Å².